The van der Waals surface area contributed by atoms with Crippen molar-refractivity contribution >= 4 is 11.8 Å². The Morgan fingerprint density at radius 1 is 1.11 bits per heavy atom. The quantitative estimate of drug-likeness (QED) is 0.911. The predicted octanol–water partition coefficient (Wildman–Crippen LogP) is 3.61. The van der Waals surface area contributed by atoms with Crippen LogP contribution in [0, 0.1) is 6.92 Å². The van der Waals surface area contributed by atoms with E-state index in [1.54, 1.807) is 18.9 Å². The van der Waals surface area contributed by atoms with Crippen molar-refractivity contribution in [1.82, 2.24) is 0 Å². The predicted molar refractivity (Wildman–Crippen MR) is 76.2 cm³/mol. The molecule has 2 nitrogen and oxygen atoms in total. The number of hydrogen-bond donors (Lipinski definition) is 1. The van der Waals surface area contributed by atoms with E-state index in [0.717, 1.165) is 5.75 Å². The van der Waals surface area contributed by atoms with Crippen molar-refractivity contribution in [3.8, 4) is 5.75 Å². The summed E-state index contributed by atoms with van der Waals surface area (Å²) in [7, 11) is 1.68. The van der Waals surface area contributed by atoms with E-state index in [0.29, 0.717) is 6.54 Å². The molecule has 0 aliphatic heterocycles. The molecule has 0 saturated heterocycles. The lowest BCUT2D eigenvalue weighted by Gasteiger charge is -2.07. The van der Waals surface area contributed by atoms with Gasteiger partial charge in [-0.2, -0.15) is 0 Å². The Balaban J connectivity index is 2.20. The minimum Gasteiger partial charge on any atom is -0.497 e. The second kappa shape index (κ2) is 5.94. The Hall–Kier alpha value is -1.45. The second-order valence-corrected chi connectivity index (χ2v) is 5.22. The first-order chi connectivity index (χ1) is 8.72. The lowest BCUT2D eigenvalue weighted by Crippen LogP contribution is -1.98. The van der Waals surface area contributed by atoms with Crippen molar-refractivity contribution in [2.24, 2.45) is 5.73 Å². The highest BCUT2D eigenvalue weighted by Gasteiger charge is 2.02. The molecular formula is C15H17NOS. The highest BCUT2D eigenvalue weighted by atomic mass is 32.2. The van der Waals surface area contributed by atoms with E-state index in [1.165, 1.54) is 20.9 Å². The van der Waals surface area contributed by atoms with E-state index in [2.05, 4.69) is 31.2 Å². The minimum atomic E-state index is 0.593. The third kappa shape index (κ3) is 3.06. The van der Waals surface area contributed by atoms with E-state index in [9.17, 15) is 0 Å². The molecule has 18 heavy (non-hydrogen) atoms. The van der Waals surface area contributed by atoms with Crippen LogP contribution in [0.1, 0.15) is 11.1 Å². The summed E-state index contributed by atoms with van der Waals surface area (Å²) < 4.78 is 5.22. The van der Waals surface area contributed by atoms with Crippen molar-refractivity contribution in [3.05, 3.63) is 53.6 Å². The van der Waals surface area contributed by atoms with E-state index < -0.39 is 0 Å². The van der Waals surface area contributed by atoms with Gasteiger partial charge >= 0.3 is 0 Å². The first kappa shape index (κ1) is 13.0. The molecule has 0 radical (unpaired) electrons. The molecule has 2 N–H and O–H groups in total. The van der Waals surface area contributed by atoms with E-state index in [-0.39, 0.29) is 0 Å². The molecule has 2 aromatic carbocycles. The summed E-state index contributed by atoms with van der Waals surface area (Å²) in [6, 6.07) is 14.5. The second-order valence-electron chi connectivity index (χ2n) is 4.07. The largest absolute Gasteiger partial charge is 0.497 e. The van der Waals surface area contributed by atoms with Gasteiger partial charge in [0, 0.05) is 16.3 Å². The summed E-state index contributed by atoms with van der Waals surface area (Å²) in [5.74, 6) is 0.885. The van der Waals surface area contributed by atoms with Gasteiger partial charge in [-0.15, -0.1) is 0 Å². The first-order valence-electron chi connectivity index (χ1n) is 5.84. The molecular weight excluding hydrogens is 242 g/mol. The van der Waals surface area contributed by atoms with Crippen LogP contribution in [-0.2, 0) is 6.54 Å². The summed E-state index contributed by atoms with van der Waals surface area (Å²) in [4.78, 5) is 2.40. The van der Waals surface area contributed by atoms with Crippen LogP contribution in [0.3, 0.4) is 0 Å². The molecule has 0 spiro atoms. The van der Waals surface area contributed by atoms with Crippen molar-refractivity contribution in [2.45, 2.75) is 23.3 Å². The van der Waals surface area contributed by atoms with Gasteiger partial charge in [-0.25, -0.2) is 0 Å². The van der Waals surface area contributed by atoms with Crippen LogP contribution < -0.4 is 10.5 Å². The molecule has 0 aromatic heterocycles. The Morgan fingerprint density at radius 3 is 2.56 bits per heavy atom. The summed E-state index contributed by atoms with van der Waals surface area (Å²) in [6.45, 7) is 2.69. The number of ether oxygens (including phenoxy) is 1. The van der Waals surface area contributed by atoms with Crippen LogP contribution in [-0.4, -0.2) is 7.11 Å². The Kier molecular flexibility index (Phi) is 4.28. The minimum absolute atomic E-state index is 0.593. The van der Waals surface area contributed by atoms with Gasteiger partial charge in [0.2, 0.25) is 0 Å². The average Bonchev–Trinajstić information content (AvgIpc) is 2.39. The Morgan fingerprint density at radius 2 is 1.89 bits per heavy atom. The molecule has 3 heteroatoms. The fourth-order valence-electron chi connectivity index (χ4n) is 1.76. The van der Waals surface area contributed by atoms with Crippen LogP contribution in [0.2, 0.25) is 0 Å². The van der Waals surface area contributed by atoms with Gasteiger partial charge < -0.3 is 10.5 Å². The van der Waals surface area contributed by atoms with Gasteiger partial charge in [0.15, 0.2) is 0 Å². The SMILES string of the molecule is COc1cccc(Sc2ccc(CN)c(C)c2)c1. The maximum atomic E-state index is 5.67. The monoisotopic (exact) mass is 259 g/mol. The molecule has 0 aliphatic carbocycles. The van der Waals surface area contributed by atoms with Crippen LogP contribution in [0.4, 0.5) is 0 Å². The van der Waals surface area contributed by atoms with Gasteiger partial charge in [-0.1, -0.05) is 23.9 Å². The number of methoxy groups -OCH3 is 1. The smallest absolute Gasteiger partial charge is 0.119 e. The fourth-order valence-corrected chi connectivity index (χ4v) is 2.73. The maximum Gasteiger partial charge on any atom is 0.119 e. The van der Waals surface area contributed by atoms with Gasteiger partial charge in [0.1, 0.15) is 5.75 Å². The summed E-state index contributed by atoms with van der Waals surface area (Å²) in [5.41, 5.74) is 8.11. The van der Waals surface area contributed by atoms with Gasteiger partial charge in [0.05, 0.1) is 7.11 Å². The topological polar surface area (TPSA) is 35.2 Å². The standard InChI is InChI=1S/C15H17NOS/c1-11-8-15(7-6-12(11)10-16)18-14-5-3-4-13(9-14)17-2/h3-9H,10,16H2,1-2H3. The van der Waals surface area contributed by atoms with Crippen LogP contribution in [0.25, 0.3) is 0 Å². The van der Waals surface area contributed by atoms with Crippen LogP contribution in [0.5, 0.6) is 5.75 Å². The summed E-state index contributed by atoms with van der Waals surface area (Å²) in [5, 5.41) is 0. The zero-order chi connectivity index (χ0) is 13.0. The lowest BCUT2D eigenvalue weighted by molar-refractivity contribution is 0.413. The molecule has 2 aromatic rings. The fraction of sp³-hybridized carbons (Fsp3) is 0.200. The third-order valence-corrected chi connectivity index (χ3v) is 3.79. The highest BCUT2D eigenvalue weighted by molar-refractivity contribution is 7.99. The summed E-state index contributed by atoms with van der Waals surface area (Å²) in [6.07, 6.45) is 0. The van der Waals surface area contributed by atoms with Crippen molar-refractivity contribution < 1.29 is 4.74 Å². The van der Waals surface area contributed by atoms with Crippen molar-refractivity contribution in [3.63, 3.8) is 0 Å². The molecule has 0 heterocycles. The van der Waals surface area contributed by atoms with Crippen LogP contribution >= 0.6 is 11.8 Å². The number of benzene rings is 2. The molecule has 0 saturated carbocycles. The number of aryl methyl sites for hydroxylation is 1. The molecule has 0 bridgehead atoms. The summed E-state index contributed by atoms with van der Waals surface area (Å²) >= 11 is 1.73. The number of nitrogens with two attached hydrogens (primary N) is 1. The van der Waals surface area contributed by atoms with E-state index >= 15 is 0 Å². The normalized spacial score (nSPS) is 10.4. The number of rotatable bonds is 4. The van der Waals surface area contributed by atoms with Gasteiger partial charge in [-0.05, 0) is 48.4 Å². The number of hydrogen-bond acceptors (Lipinski definition) is 3. The molecule has 0 atom stereocenters. The average molecular weight is 259 g/mol. The van der Waals surface area contributed by atoms with E-state index in [4.69, 9.17) is 10.5 Å². The first-order valence-corrected chi connectivity index (χ1v) is 6.66. The highest BCUT2D eigenvalue weighted by Crippen LogP contribution is 2.31. The lowest BCUT2D eigenvalue weighted by atomic mass is 10.1. The van der Waals surface area contributed by atoms with E-state index in [1.807, 2.05) is 18.2 Å². The Bertz CT molecular complexity index is 540. The van der Waals surface area contributed by atoms with Crippen LogP contribution in [0.15, 0.2) is 52.3 Å². The zero-order valence-corrected chi connectivity index (χ0v) is 11.5. The van der Waals surface area contributed by atoms with Crippen molar-refractivity contribution in [2.75, 3.05) is 7.11 Å². The van der Waals surface area contributed by atoms with Crippen molar-refractivity contribution in [1.29, 1.82) is 0 Å². The van der Waals surface area contributed by atoms with Gasteiger partial charge in [-0.3, -0.25) is 0 Å². The Labute approximate surface area is 112 Å². The molecule has 2 rings (SSSR count). The molecule has 0 aliphatic rings. The molecule has 94 valence electrons. The van der Waals surface area contributed by atoms with Gasteiger partial charge in [0.25, 0.3) is 0 Å². The molecule has 0 amide bonds. The molecule has 0 fully saturated rings. The maximum absolute atomic E-state index is 5.67. The third-order valence-electron chi connectivity index (χ3n) is 2.81. The zero-order valence-electron chi connectivity index (χ0n) is 10.6. The molecule has 0 unspecified atom stereocenters.